The Kier molecular flexibility index (Phi) is 5.23. The number of methoxy groups -OCH3 is 1. The fourth-order valence-corrected chi connectivity index (χ4v) is 7.00. The summed E-state index contributed by atoms with van der Waals surface area (Å²) in [6.45, 7) is 3.22. The van der Waals surface area contributed by atoms with E-state index in [2.05, 4.69) is 11.0 Å². The maximum Gasteiger partial charge on any atom is 0.231 e. The molecule has 2 bridgehead atoms. The fraction of sp³-hybridized carbons (Fsp3) is 0.538. The van der Waals surface area contributed by atoms with E-state index < -0.39 is 19.1 Å². The van der Waals surface area contributed by atoms with Crippen LogP contribution in [-0.4, -0.2) is 84.3 Å². The lowest BCUT2D eigenvalue weighted by Crippen LogP contribution is -2.68. The van der Waals surface area contributed by atoms with Crippen molar-refractivity contribution in [2.45, 2.75) is 57.1 Å². The lowest BCUT2D eigenvalue weighted by atomic mass is 9.73. The minimum absolute atomic E-state index is 0.0356. The number of aliphatic hydroxyl groups excluding tert-OH is 3. The van der Waals surface area contributed by atoms with Gasteiger partial charge in [0, 0.05) is 28.3 Å². The van der Waals surface area contributed by atoms with Gasteiger partial charge in [0.05, 0.1) is 31.8 Å². The topological polar surface area (TPSA) is 124 Å². The number of fused-ring (bicyclic) bond motifs is 9. The first-order valence-electron chi connectivity index (χ1n) is 12.6. The number of benzene rings is 2. The van der Waals surface area contributed by atoms with Crippen molar-refractivity contribution < 1.29 is 39.4 Å². The maximum atomic E-state index is 11.8. The molecule has 4 N–H and O–H groups in total. The molecule has 194 valence electrons. The van der Waals surface area contributed by atoms with Crippen LogP contribution in [-0.2, 0) is 12.8 Å². The number of nitrogens with zero attached hydrogens (tertiary/aromatic N) is 2. The molecule has 5 atom stereocenters. The number of rotatable bonds is 5. The highest BCUT2D eigenvalue weighted by Gasteiger charge is 2.56. The van der Waals surface area contributed by atoms with Crippen LogP contribution in [0.2, 0.25) is 0 Å². The van der Waals surface area contributed by atoms with Crippen molar-refractivity contribution in [3.8, 4) is 28.7 Å². The molecule has 0 amide bonds. The molecular formula is C26H32N2O8. The maximum absolute atomic E-state index is 11.8. The molecule has 2 aromatic carbocycles. The fourth-order valence-electron chi connectivity index (χ4n) is 7.00. The molecule has 4 aliphatic heterocycles. The SMILES string of the molecule is [3H]OC[C@H]1c2c(c(O)c(C)c3c2OCO3)C[C@H]2C3c4c(cc(C)c(OC)c4OCO)CC([C@H](O)N12)N3C. The van der Waals surface area contributed by atoms with Gasteiger partial charge in [-0.1, -0.05) is 6.07 Å². The third-order valence-electron chi connectivity index (χ3n) is 8.47. The number of aryl methyl sites for hydroxylation is 1. The van der Waals surface area contributed by atoms with Gasteiger partial charge in [-0.25, -0.2) is 0 Å². The van der Waals surface area contributed by atoms with Crippen LogP contribution in [0.4, 0.5) is 0 Å². The average molecular weight is 503 g/mol. The summed E-state index contributed by atoms with van der Waals surface area (Å²) < 4.78 is 30.6. The van der Waals surface area contributed by atoms with Gasteiger partial charge in [0.15, 0.2) is 29.8 Å². The lowest BCUT2D eigenvalue weighted by molar-refractivity contribution is -0.177. The Bertz CT molecular complexity index is 1260. The molecule has 2 unspecified atom stereocenters. The van der Waals surface area contributed by atoms with Crippen LogP contribution >= 0.6 is 0 Å². The highest BCUT2D eigenvalue weighted by atomic mass is 16.7. The average Bonchev–Trinajstić information content (AvgIpc) is 3.36. The number of hydrogen-bond donors (Lipinski definition) is 4. The summed E-state index contributed by atoms with van der Waals surface area (Å²) in [5, 5.41) is 37.8. The van der Waals surface area contributed by atoms with E-state index in [1.165, 1.54) is 0 Å². The normalized spacial score (nSPS) is 28.7. The number of aromatic hydroxyl groups is 1. The van der Waals surface area contributed by atoms with Crippen LogP contribution in [0.1, 0.15) is 45.5 Å². The van der Waals surface area contributed by atoms with E-state index in [0.29, 0.717) is 52.5 Å². The first-order valence-corrected chi connectivity index (χ1v) is 12.2. The quantitative estimate of drug-likeness (QED) is 0.444. The van der Waals surface area contributed by atoms with Gasteiger partial charge in [-0.3, -0.25) is 9.80 Å². The number of piperazine rings is 1. The summed E-state index contributed by atoms with van der Waals surface area (Å²) in [6, 6.07) is 0.677. The molecule has 2 aromatic rings. The lowest BCUT2D eigenvalue weighted by Gasteiger charge is -2.60. The highest BCUT2D eigenvalue weighted by molar-refractivity contribution is 5.66. The largest absolute Gasteiger partial charge is 0.507 e. The first kappa shape index (κ1) is 22.4. The predicted molar refractivity (Wildman–Crippen MR) is 128 cm³/mol. The first-order chi connectivity index (χ1) is 17.8. The second kappa shape index (κ2) is 8.39. The van der Waals surface area contributed by atoms with Crippen LogP contribution in [0.15, 0.2) is 6.07 Å². The Hall–Kier alpha value is -2.76. The summed E-state index contributed by atoms with van der Waals surface area (Å²) in [4.78, 5) is 4.13. The third-order valence-corrected chi connectivity index (χ3v) is 8.47. The summed E-state index contributed by atoms with van der Waals surface area (Å²) in [5.41, 5.74) is 4.78. The second-order valence-electron chi connectivity index (χ2n) is 10.0. The van der Waals surface area contributed by atoms with E-state index in [1.54, 1.807) is 14.0 Å². The molecule has 1 saturated heterocycles. The second-order valence-corrected chi connectivity index (χ2v) is 10.0. The Morgan fingerprint density at radius 2 is 1.92 bits per heavy atom. The summed E-state index contributed by atoms with van der Waals surface area (Å²) >= 11 is 0. The monoisotopic (exact) mass is 502 g/mol. The Balaban J connectivity index is 1.59. The summed E-state index contributed by atoms with van der Waals surface area (Å²) in [6.07, 6.45) is 0.0798. The van der Waals surface area contributed by atoms with Crippen LogP contribution in [0.5, 0.6) is 28.7 Å². The van der Waals surface area contributed by atoms with Crippen molar-refractivity contribution in [3.05, 3.63) is 39.4 Å². The van der Waals surface area contributed by atoms with Crippen molar-refractivity contribution in [2.75, 3.05) is 34.4 Å². The van der Waals surface area contributed by atoms with Gasteiger partial charge in [-0.15, -0.1) is 0 Å². The Morgan fingerprint density at radius 3 is 2.64 bits per heavy atom. The smallest absolute Gasteiger partial charge is 0.231 e. The molecule has 36 heavy (non-hydrogen) atoms. The molecule has 0 saturated carbocycles. The third kappa shape index (κ3) is 2.96. The molecule has 1 fully saturated rings. The zero-order chi connectivity index (χ0) is 26.2. The van der Waals surface area contributed by atoms with Crippen LogP contribution in [0.3, 0.4) is 0 Å². The zero-order valence-corrected chi connectivity index (χ0v) is 20.8. The number of phenolic OH excluding ortho intramolecular Hbond substituents is 1. The standard InChI is InChI=1S/C26H32N2O8/c1-11-5-13-6-16-26(32)28-15(20(27(16)3)18(13)24(34-9-30)22(11)33-4)7-14-19(17(28)8-29)25-23(35-10-36-25)12(2)21(14)31/h5,15-17,20,26,29-32H,6-10H2,1-4H3/t15-,16?,17-,20?,26-/m0/s1/i29T. The molecule has 0 aliphatic carbocycles. The van der Waals surface area contributed by atoms with E-state index in [4.69, 9.17) is 25.5 Å². The molecule has 10 heteroatoms. The van der Waals surface area contributed by atoms with Gasteiger partial charge in [0.25, 0.3) is 0 Å². The summed E-state index contributed by atoms with van der Waals surface area (Å²) in [5.74, 6) is 2.18. The van der Waals surface area contributed by atoms with E-state index >= 15 is 0 Å². The molecule has 6 rings (SSSR count). The van der Waals surface area contributed by atoms with E-state index in [9.17, 15) is 15.3 Å². The molecule has 0 radical (unpaired) electrons. The molecule has 0 aromatic heterocycles. The Morgan fingerprint density at radius 1 is 1.14 bits per heavy atom. The Labute approximate surface area is 210 Å². The highest BCUT2D eigenvalue weighted by Crippen LogP contribution is 2.58. The van der Waals surface area contributed by atoms with Crippen molar-refractivity contribution in [2.24, 2.45) is 0 Å². The van der Waals surface area contributed by atoms with E-state index in [0.717, 1.165) is 16.7 Å². The predicted octanol–water partition coefficient (Wildman–Crippen LogP) is 1.26. The minimum atomic E-state index is -0.876. The minimum Gasteiger partial charge on any atom is -0.507 e. The molecular weight excluding hydrogens is 468 g/mol. The van der Waals surface area contributed by atoms with Crippen LogP contribution < -0.4 is 18.9 Å². The molecule has 10 nitrogen and oxygen atoms in total. The van der Waals surface area contributed by atoms with Crippen LogP contribution in [0.25, 0.3) is 0 Å². The van der Waals surface area contributed by atoms with Gasteiger partial charge in [0.1, 0.15) is 12.0 Å². The van der Waals surface area contributed by atoms with E-state index in [1.807, 2.05) is 18.9 Å². The van der Waals surface area contributed by atoms with Crippen LogP contribution in [0, 0.1) is 13.8 Å². The number of aliphatic hydroxyl groups is 3. The number of ether oxygens (including phenoxy) is 4. The van der Waals surface area contributed by atoms with Crippen molar-refractivity contribution >= 4 is 0 Å². The number of hydrogen-bond acceptors (Lipinski definition) is 10. The van der Waals surface area contributed by atoms with Crippen molar-refractivity contribution in [1.82, 2.24) is 9.80 Å². The van der Waals surface area contributed by atoms with Gasteiger partial charge in [0.2, 0.25) is 8.22 Å². The van der Waals surface area contributed by atoms with Gasteiger partial charge in [-0.05, 0) is 44.9 Å². The van der Waals surface area contributed by atoms with Gasteiger partial charge >= 0.3 is 0 Å². The van der Waals surface area contributed by atoms with E-state index in [-0.39, 0.29) is 37.3 Å². The zero-order valence-electron chi connectivity index (χ0n) is 21.8. The summed E-state index contributed by atoms with van der Waals surface area (Å²) in [7, 11) is 3.55. The van der Waals surface area contributed by atoms with Crippen molar-refractivity contribution in [3.63, 3.8) is 0 Å². The van der Waals surface area contributed by atoms with Gasteiger partial charge in [-0.2, -0.15) is 0 Å². The molecule has 0 spiro atoms. The molecule has 4 aliphatic rings. The van der Waals surface area contributed by atoms with Crippen molar-refractivity contribution in [1.29, 1.82) is 1.43 Å². The number of phenols is 1. The molecule has 4 heterocycles. The number of likely N-dealkylation sites (N-methyl/N-ethyl adjacent to an activating group) is 1. The van der Waals surface area contributed by atoms with Gasteiger partial charge < -0.3 is 39.4 Å².